The highest BCUT2D eigenvalue weighted by atomic mass is 32.1. The molecule has 1 fully saturated rings. The van der Waals surface area contributed by atoms with Gasteiger partial charge in [0, 0.05) is 36.8 Å². The number of hydrogen-bond donors (Lipinski definition) is 1. The van der Waals surface area contributed by atoms with Crippen LogP contribution in [0.25, 0.3) is 10.6 Å². The zero-order valence-corrected chi connectivity index (χ0v) is 18.1. The molecule has 30 heavy (non-hydrogen) atoms. The minimum atomic E-state index is -0.173. The molecule has 1 N–H and O–H groups in total. The van der Waals surface area contributed by atoms with Crippen molar-refractivity contribution in [2.24, 2.45) is 0 Å². The highest BCUT2D eigenvalue weighted by Gasteiger charge is 2.14. The second-order valence-electron chi connectivity index (χ2n) is 7.62. The van der Waals surface area contributed by atoms with E-state index in [-0.39, 0.29) is 5.91 Å². The van der Waals surface area contributed by atoms with Crippen LogP contribution in [0.3, 0.4) is 0 Å². The number of nitrogens with zero attached hydrogens (tertiary/aromatic N) is 3. The van der Waals surface area contributed by atoms with E-state index in [9.17, 15) is 4.79 Å². The first-order chi connectivity index (χ1) is 14.6. The average Bonchev–Trinajstić information content (AvgIpc) is 3.29. The van der Waals surface area contributed by atoms with Crippen molar-refractivity contribution in [3.05, 3.63) is 64.8 Å². The van der Waals surface area contributed by atoms with Gasteiger partial charge in [-0.15, -0.1) is 11.3 Å². The third-order valence-corrected chi connectivity index (χ3v) is 6.05. The second kappa shape index (κ2) is 9.36. The maximum atomic E-state index is 12.5. The summed E-state index contributed by atoms with van der Waals surface area (Å²) in [5.41, 5.74) is 3.73. The molecule has 3 aromatic rings. The predicted octanol–water partition coefficient (Wildman–Crippen LogP) is 4.10. The molecule has 1 aliphatic heterocycles. The molecule has 0 atom stereocenters. The molecule has 1 amide bonds. The number of carbonyl (C=O) groups excluding carboxylic acids is 1. The fraction of sp³-hybridized carbons (Fsp3) is 0.348. The number of rotatable bonds is 6. The lowest BCUT2D eigenvalue weighted by Gasteiger charge is -2.27. The minimum Gasteiger partial charge on any atom is -0.378 e. The van der Waals surface area contributed by atoms with E-state index < -0.39 is 0 Å². The molecule has 1 saturated heterocycles. The summed E-state index contributed by atoms with van der Waals surface area (Å²) in [6.07, 6.45) is 1.81. The SMILES string of the molecule is CC(C)c1ccc(-c2nc(C(=O)NCc3ccc(N4CCOCC4)nc3)cs2)cc1. The normalized spacial score (nSPS) is 14.2. The molecule has 4 rings (SSSR count). The lowest BCUT2D eigenvalue weighted by atomic mass is 10.0. The van der Waals surface area contributed by atoms with Gasteiger partial charge in [0.05, 0.1) is 13.2 Å². The smallest absolute Gasteiger partial charge is 0.271 e. The molecule has 0 unspecified atom stereocenters. The van der Waals surface area contributed by atoms with E-state index in [0.717, 1.165) is 48.3 Å². The second-order valence-corrected chi connectivity index (χ2v) is 8.48. The lowest BCUT2D eigenvalue weighted by Crippen LogP contribution is -2.36. The van der Waals surface area contributed by atoms with Crippen LogP contribution < -0.4 is 10.2 Å². The van der Waals surface area contributed by atoms with Crippen LogP contribution >= 0.6 is 11.3 Å². The number of ether oxygens (including phenoxy) is 1. The van der Waals surface area contributed by atoms with Gasteiger partial charge in [-0.2, -0.15) is 0 Å². The summed E-state index contributed by atoms with van der Waals surface area (Å²) in [4.78, 5) is 23.8. The number of aromatic nitrogens is 2. The summed E-state index contributed by atoms with van der Waals surface area (Å²) in [5.74, 6) is 1.27. The van der Waals surface area contributed by atoms with E-state index in [0.29, 0.717) is 18.2 Å². The van der Waals surface area contributed by atoms with E-state index >= 15 is 0 Å². The Kier molecular flexibility index (Phi) is 6.40. The number of pyridine rings is 1. The van der Waals surface area contributed by atoms with Crippen LogP contribution in [0, 0.1) is 0 Å². The zero-order chi connectivity index (χ0) is 20.9. The van der Waals surface area contributed by atoms with Gasteiger partial charge in [-0.25, -0.2) is 9.97 Å². The summed E-state index contributed by atoms with van der Waals surface area (Å²) >= 11 is 1.48. The fourth-order valence-corrected chi connectivity index (χ4v) is 4.10. The molecular formula is C23H26N4O2S. The van der Waals surface area contributed by atoms with Crippen LogP contribution in [0.15, 0.2) is 48.0 Å². The van der Waals surface area contributed by atoms with Crippen molar-refractivity contribution in [3.63, 3.8) is 0 Å². The summed E-state index contributed by atoms with van der Waals surface area (Å²) in [7, 11) is 0. The Morgan fingerprint density at radius 1 is 1.17 bits per heavy atom. The Hall–Kier alpha value is -2.77. The molecule has 0 saturated carbocycles. The van der Waals surface area contributed by atoms with Gasteiger partial charge < -0.3 is 15.0 Å². The molecule has 1 aromatic carbocycles. The van der Waals surface area contributed by atoms with Gasteiger partial charge in [0.1, 0.15) is 16.5 Å². The maximum Gasteiger partial charge on any atom is 0.271 e. The standard InChI is InChI=1S/C23H26N4O2S/c1-16(2)18-4-6-19(7-5-18)23-26-20(15-30-23)22(28)25-14-17-3-8-21(24-13-17)27-9-11-29-12-10-27/h3-8,13,15-16H,9-12,14H2,1-2H3,(H,25,28). The Bertz CT molecular complexity index is 977. The third-order valence-electron chi connectivity index (χ3n) is 5.16. The molecule has 0 aliphatic carbocycles. The van der Waals surface area contributed by atoms with E-state index in [1.807, 2.05) is 18.3 Å². The number of anilines is 1. The van der Waals surface area contributed by atoms with Crippen LogP contribution in [-0.2, 0) is 11.3 Å². The number of carbonyl (C=O) groups is 1. The summed E-state index contributed by atoms with van der Waals surface area (Å²) in [6.45, 7) is 7.95. The van der Waals surface area contributed by atoms with Crippen LogP contribution in [0.2, 0.25) is 0 Å². The van der Waals surface area contributed by atoms with Crippen LogP contribution in [-0.4, -0.2) is 42.2 Å². The molecule has 6 nitrogen and oxygen atoms in total. The largest absolute Gasteiger partial charge is 0.378 e. The Morgan fingerprint density at radius 2 is 1.93 bits per heavy atom. The van der Waals surface area contributed by atoms with Crippen LogP contribution in [0.5, 0.6) is 0 Å². The summed E-state index contributed by atoms with van der Waals surface area (Å²) in [6, 6.07) is 12.4. The summed E-state index contributed by atoms with van der Waals surface area (Å²) in [5, 5.41) is 5.59. The molecule has 0 bridgehead atoms. The van der Waals surface area contributed by atoms with Crippen molar-refractivity contribution in [2.45, 2.75) is 26.3 Å². The van der Waals surface area contributed by atoms with Crippen molar-refractivity contribution >= 4 is 23.1 Å². The third kappa shape index (κ3) is 4.86. The molecule has 3 heterocycles. The summed E-state index contributed by atoms with van der Waals surface area (Å²) < 4.78 is 5.37. The van der Waals surface area contributed by atoms with Gasteiger partial charge in [-0.3, -0.25) is 4.79 Å². The van der Waals surface area contributed by atoms with Gasteiger partial charge in [-0.1, -0.05) is 44.2 Å². The molecule has 0 radical (unpaired) electrons. The molecule has 1 aliphatic rings. The van der Waals surface area contributed by atoms with Crippen molar-refractivity contribution in [1.29, 1.82) is 0 Å². The van der Waals surface area contributed by atoms with E-state index in [1.54, 1.807) is 5.38 Å². The van der Waals surface area contributed by atoms with Gasteiger partial charge in [0.15, 0.2) is 0 Å². The highest BCUT2D eigenvalue weighted by molar-refractivity contribution is 7.13. The van der Waals surface area contributed by atoms with Crippen LogP contribution in [0.4, 0.5) is 5.82 Å². The number of amides is 1. The predicted molar refractivity (Wildman–Crippen MR) is 120 cm³/mol. The quantitative estimate of drug-likeness (QED) is 0.648. The van der Waals surface area contributed by atoms with Gasteiger partial charge in [0.25, 0.3) is 5.91 Å². The number of thiazole rings is 1. The molecule has 0 spiro atoms. The van der Waals surface area contributed by atoms with Gasteiger partial charge in [-0.05, 0) is 23.1 Å². The minimum absolute atomic E-state index is 0.173. The van der Waals surface area contributed by atoms with Gasteiger partial charge >= 0.3 is 0 Å². The van der Waals surface area contributed by atoms with Crippen LogP contribution in [0.1, 0.15) is 41.4 Å². The van der Waals surface area contributed by atoms with Crippen molar-refractivity contribution in [3.8, 4) is 10.6 Å². The van der Waals surface area contributed by atoms with Crippen molar-refractivity contribution in [1.82, 2.24) is 15.3 Å². The zero-order valence-electron chi connectivity index (χ0n) is 17.3. The lowest BCUT2D eigenvalue weighted by molar-refractivity contribution is 0.0946. The maximum absolute atomic E-state index is 12.5. The molecule has 156 valence electrons. The monoisotopic (exact) mass is 422 g/mol. The van der Waals surface area contributed by atoms with E-state index in [1.165, 1.54) is 16.9 Å². The number of hydrogen-bond acceptors (Lipinski definition) is 6. The fourth-order valence-electron chi connectivity index (χ4n) is 3.29. The first-order valence-corrected chi connectivity index (χ1v) is 11.1. The topological polar surface area (TPSA) is 67.4 Å². The average molecular weight is 423 g/mol. The van der Waals surface area contributed by atoms with E-state index in [4.69, 9.17) is 4.74 Å². The first-order valence-electron chi connectivity index (χ1n) is 10.2. The van der Waals surface area contributed by atoms with Crippen molar-refractivity contribution in [2.75, 3.05) is 31.2 Å². The Labute approximate surface area is 180 Å². The van der Waals surface area contributed by atoms with Crippen molar-refractivity contribution < 1.29 is 9.53 Å². The Morgan fingerprint density at radius 3 is 2.60 bits per heavy atom. The highest BCUT2D eigenvalue weighted by Crippen LogP contribution is 2.25. The first kappa shape index (κ1) is 20.5. The molecule has 7 heteroatoms. The number of benzene rings is 1. The number of morpholine rings is 1. The molecular weight excluding hydrogens is 396 g/mol. The van der Waals surface area contributed by atoms with E-state index in [2.05, 4.69) is 58.3 Å². The number of nitrogens with one attached hydrogen (secondary N) is 1. The van der Waals surface area contributed by atoms with Gasteiger partial charge in [0.2, 0.25) is 0 Å². The Balaban J connectivity index is 1.34. The molecule has 2 aromatic heterocycles.